The summed E-state index contributed by atoms with van der Waals surface area (Å²) < 4.78 is 34.6. The quantitative estimate of drug-likeness (QED) is 0.0171. The SMILES string of the molecule is CCCCCCC/C=C\C/C=C\CCCCCCCCCCCCCCCCOCC(COC1OC(COC2OC(CO)C(O)C(O)C2O)C(O)C(O)C1O)OC(=O)CCCCCCCCCCCCCCC/C=C\C/C=C\CCCCCCC. The zero-order chi connectivity index (χ0) is 61.5. The average Bonchev–Trinajstić information content (AvgIpc) is 2.82. The van der Waals surface area contributed by atoms with Crippen LogP contribution in [0.3, 0.4) is 0 Å². The van der Waals surface area contributed by atoms with Gasteiger partial charge < -0.3 is 64.2 Å². The number of aliphatic hydroxyl groups excluding tert-OH is 7. The maximum atomic E-state index is 13.2. The maximum absolute atomic E-state index is 13.2. The van der Waals surface area contributed by atoms with Gasteiger partial charge in [0.1, 0.15) is 54.9 Å². The third-order valence-corrected chi connectivity index (χ3v) is 16.8. The van der Waals surface area contributed by atoms with E-state index in [1.54, 1.807) is 0 Å². The number of aliphatic hydroxyl groups is 7. The first-order chi connectivity index (χ1) is 41.6. The van der Waals surface area contributed by atoms with Crippen molar-refractivity contribution in [3.05, 3.63) is 48.6 Å². The number of unbranched alkanes of at least 4 members (excludes halogenated alkanes) is 37. The molecule has 2 saturated heterocycles. The lowest BCUT2D eigenvalue weighted by molar-refractivity contribution is -0.332. The molecular weight excluding hydrogens is 1080 g/mol. The van der Waals surface area contributed by atoms with Crippen molar-refractivity contribution in [2.24, 2.45) is 0 Å². The van der Waals surface area contributed by atoms with Gasteiger partial charge in [0.2, 0.25) is 0 Å². The Hall–Kier alpha value is -2.05. The fourth-order valence-electron chi connectivity index (χ4n) is 11.2. The lowest BCUT2D eigenvalue weighted by Gasteiger charge is -2.42. The zero-order valence-corrected chi connectivity index (χ0v) is 54.1. The highest BCUT2D eigenvalue weighted by atomic mass is 16.7. The zero-order valence-electron chi connectivity index (χ0n) is 54.1. The molecule has 14 heteroatoms. The molecule has 2 fully saturated rings. The summed E-state index contributed by atoms with van der Waals surface area (Å²) in [6.45, 7) is 3.72. The van der Waals surface area contributed by atoms with Crippen LogP contribution < -0.4 is 0 Å². The number of esters is 1. The molecule has 0 aromatic rings. The summed E-state index contributed by atoms with van der Waals surface area (Å²) in [5.41, 5.74) is 0. The molecule has 0 radical (unpaired) electrons. The molecule has 7 N–H and O–H groups in total. The Labute approximate surface area is 518 Å². The number of hydrogen-bond acceptors (Lipinski definition) is 14. The lowest BCUT2D eigenvalue weighted by Crippen LogP contribution is -2.61. The first kappa shape index (κ1) is 79.0. The van der Waals surface area contributed by atoms with E-state index in [9.17, 15) is 40.5 Å². The van der Waals surface area contributed by atoms with Crippen LogP contribution in [0.4, 0.5) is 0 Å². The third kappa shape index (κ3) is 42.6. The van der Waals surface area contributed by atoms with Crippen molar-refractivity contribution in [2.45, 2.75) is 364 Å². The average molecular weight is 1210 g/mol. The molecule has 0 bridgehead atoms. The number of allylic oxidation sites excluding steroid dienone is 8. The largest absolute Gasteiger partial charge is 0.457 e. The van der Waals surface area contributed by atoms with E-state index in [0.717, 1.165) is 51.4 Å². The molecule has 0 aromatic carbocycles. The van der Waals surface area contributed by atoms with Gasteiger partial charge in [0.05, 0.1) is 26.4 Å². The molecule has 0 spiro atoms. The second kappa shape index (κ2) is 57.1. The van der Waals surface area contributed by atoms with Crippen LogP contribution in [0.25, 0.3) is 0 Å². The van der Waals surface area contributed by atoms with Gasteiger partial charge in [-0.25, -0.2) is 0 Å². The van der Waals surface area contributed by atoms with Gasteiger partial charge in [0, 0.05) is 13.0 Å². The van der Waals surface area contributed by atoms with Gasteiger partial charge >= 0.3 is 5.97 Å². The summed E-state index contributed by atoms with van der Waals surface area (Å²) in [5.74, 6) is -0.372. The molecule has 2 rings (SSSR count). The summed E-state index contributed by atoms with van der Waals surface area (Å²) >= 11 is 0. The van der Waals surface area contributed by atoms with E-state index in [1.165, 1.54) is 218 Å². The van der Waals surface area contributed by atoms with E-state index in [-0.39, 0.29) is 25.6 Å². The van der Waals surface area contributed by atoms with Gasteiger partial charge in [0.15, 0.2) is 12.6 Å². The highest BCUT2D eigenvalue weighted by molar-refractivity contribution is 5.69. The fraction of sp³-hybridized carbons (Fsp3) is 0.873. The number of carbonyl (C=O) groups is 1. The summed E-state index contributed by atoms with van der Waals surface area (Å²) in [6.07, 6.45) is 56.1. The summed E-state index contributed by atoms with van der Waals surface area (Å²) in [5, 5.41) is 72.6. The standard InChI is InChI=1S/C71H130O14/c1-3-5-7-9-11-13-15-17-19-21-23-25-27-29-31-33-35-37-39-41-43-45-47-49-51-53-55-80-57-60(58-81-70-69(79)67(77)65(75)62(85-70)59-82-71-68(78)66(76)64(74)61(56-72)84-71)83-63(73)54-52-50-48-46-44-42-40-38-36-34-32-30-28-26-24-22-20-18-16-14-12-10-8-6-4-2/h15-18,21-24,60-62,64-72,74-79H,3-14,19-20,25-59H2,1-2H3/b17-15-,18-16-,23-21-,24-22-. The van der Waals surface area contributed by atoms with Crippen molar-refractivity contribution in [1.82, 2.24) is 0 Å². The molecule has 0 amide bonds. The number of hydrogen-bond donors (Lipinski definition) is 7. The van der Waals surface area contributed by atoms with E-state index in [2.05, 4.69) is 62.5 Å². The van der Waals surface area contributed by atoms with Crippen molar-refractivity contribution in [1.29, 1.82) is 0 Å². The van der Waals surface area contributed by atoms with Crippen molar-refractivity contribution in [2.75, 3.05) is 33.0 Å². The molecule has 11 atom stereocenters. The van der Waals surface area contributed by atoms with Crippen molar-refractivity contribution >= 4 is 5.97 Å². The molecule has 498 valence electrons. The Morgan fingerprint density at radius 2 is 0.729 bits per heavy atom. The molecule has 14 nitrogen and oxygen atoms in total. The van der Waals surface area contributed by atoms with Crippen molar-refractivity contribution in [3.8, 4) is 0 Å². The van der Waals surface area contributed by atoms with Gasteiger partial charge in [-0.3, -0.25) is 4.79 Å². The maximum Gasteiger partial charge on any atom is 0.306 e. The summed E-state index contributed by atoms with van der Waals surface area (Å²) in [6, 6.07) is 0. The molecule has 2 heterocycles. The molecule has 85 heavy (non-hydrogen) atoms. The second-order valence-electron chi connectivity index (χ2n) is 24.7. The van der Waals surface area contributed by atoms with Gasteiger partial charge in [-0.2, -0.15) is 0 Å². The first-order valence-electron chi connectivity index (χ1n) is 35.2. The van der Waals surface area contributed by atoms with E-state index in [0.29, 0.717) is 13.0 Å². The summed E-state index contributed by atoms with van der Waals surface area (Å²) in [7, 11) is 0. The third-order valence-electron chi connectivity index (χ3n) is 16.8. The minimum absolute atomic E-state index is 0.0629. The summed E-state index contributed by atoms with van der Waals surface area (Å²) in [4.78, 5) is 13.2. The van der Waals surface area contributed by atoms with E-state index < -0.39 is 80.7 Å². The van der Waals surface area contributed by atoms with Crippen LogP contribution >= 0.6 is 0 Å². The lowest BCUT2D eigenvalue weighted by atomic mass is 9.98. The highest BCUT2D eigenvalue weighted by Crippen LogP contribution is 2.27. The molecule has 0 aliphatic carbocycles. The van der Waals surface area contributed by atoms with Crippen molar-refractivity contribution in [3.63, 3.8) is 0 Å². The van der Waals surface area contributed by atoms with Gasteiger partial charge in [-0.15, -0.1) is 0 Å². The molecule has 11 unspecified atom stereocenters. The minimum atomic E-state index is -1.71. The van der Waals surface area contributed by atoms with Crippen LogP contribution in [0.2, 0.25) is 0 Å². The Bertz CT molecular complexity index is 1590. The number of rotatable bonds is 59. The Morgan fingerprint density at radius 3 is 1.13 bits per heavy atom. The van der Waals surface area contributed by atoms with Crippen LogP contribution in [0.5, 0.6) is 0 Å². The molecule has 0 saturated carbocycles. The predicted octanol–water partition coefficient (Wildman–Crippen LogP) is 15.0. The Balaban J connectivity index is 1.63. The van der Waals surface area contributed by atoms with Crippen LogP contribution in [0.1, 0.15) is 296 Å². The predicted molar refractivity (Wildman–Crippen MR) is 344 cm³/mol. The molecule has 0 aromatic heterocycles. The Morgan fingerprint density at radius 1 is 0.388 bits per heavy atom. The number of ether oxygens (including phenoxy) is 6. The second-order valence-corrected chi connectivity index (χ2v) is 24.7. The van der Waals surface area contributed by atoms with Crippen LogP contribution in [0.15, 0.2) is 48.6 Å². The molecular formula is C71H130O14. The van der Waals surface area contributed by atoms with Crippen LogP contribution in [-0.2, 0) is 33.2 Å². The van der Waals surface area contributed by atoms with E-state index in [1.807, 2.05) is 0 Å². The first-order valence-corrected chi connectivity index (χ1v) is 35.2. The fourth-order valence-corrected chi connectivity index (χ4v) is 11.2. The van der Waals surface area contributed by atoms with Crippen molar-refractivity contribution < 1.29 is 69.0 Å². The normalized spacial score (nSPS) is 23.4. The highest BCUT2D eigenvalue weighted by Gasteiger charge is 2.47. The minimum Gasteiger partial charge on any atom is -0.457 e. The Kier molecular flexibility index (Phi) is 53.1. The van der Waals surface area contributed by atoms with Crippen LogP contribution in [0, 0.1) is 0 Å². The monoisotopic (exact) mass is 1210 g/mol. The van der Waals surface area contributed by atoms with Gasteiger partial charge in [-0.1, -0.05) is 262 Å². The van der Waals surface area contributed by atoms with E-state index in [4.69, 9.17) is 28.4 Å². The van der Waals surface area contributed by atoms with E-state index >= 15 is 0 Å². The smallest absolute Gasteiger partial charge is 0.306 e. The molecule has 2 aliphatic rings. The van der Waals surface area contributed by atoms with Gasteiger partial charge in [-0.05, 0) is 77.0 Å². The van der Waals surface area contributed by atoms with Gasteiger partial charge in [0.25, 0.3) is 0 Å². The number of carbonyl (C=O) groups excluding carboxylic acids is 1. The topological polar surface area (TPSA) is 214 Å². The van der Waals surface area contributed by atoms with Crippen LogP contribution in [-0.4, -0.2) is 142 Å². The molecule has 2 aliphatic heterocycles.